The van der Waals surface area contributed by atoms with Crippen LogP contribution in [0.1, 0.15) is 23.2 Å². The third-order valence-electron chi connectivity index (χ3n) is 4.21. The second-order valence-electron chi connectivity index (χ2n) is 5.69. The van der Waals surface area contributed by atoms with Crippen LogP contribution in [0.25, 0.3) is 0 Å². The van der Waals surface area contributed by atoms with Crippen LogP contribution in [0, 0.1) is 0 Å². The summed E-state index contributed by atoms with van der Waals surface area (Å²) in [6, 6.07) is 3.38. The van der Waals surface area contributed by atoms with Crippen molar-refractivity contribution >= 4 is 5.91 Å². The summed E-state index contributed by atoms with van der Waals surface area (Å²) in [6.07, 6.45) is 2.51. The molecule has 0 radical (unpaired) electrons. The number of likely N-dealkylation sites (tertiary alicyclic amines) is 1. The van der Waals surface area contributed by atoms with Crippen molar-refractivity contribution in [3.63, 3.8) is 0 Å². The van der Waals surface area contributed by atoms with Crippen LogP contribution >= 0.6 is 0 Å². The molecule has 1 aromatic rings. The number of carbonyl (C=O) groups excluding carboxylic acids is 1. The van der Waals surface area contributed by atoms with Gasteiger partial charge in [-0.1, -0.05) is 0 Å². The fourth-order valence-corrected chi connectivity index (χ4v) is 2.82. The second-order valence-corrected chi connectivity index (χ2v) is 5.69. The Hall–Kier alpha value is -1.95. The first kappa shape index (κ1) is 17.4. The highest BCUT2D eigenvalue weighted by molar-refractivity contribution is 5.95. The van der Waals surface area contributed by atoms with Crippen LogP contribution in [0.4, 0.5) is 0 Å². The van der Waals surface area contributed by atoms with E-state index < -0.39 is 0 Å². The SMILES string of the molecule is COc1cc(C(=O)N(C)CCN2CCCC2)cc(OC)c1OC. The Morgan fingerprint density at radius 1 is 1.09 bits per heavy atom. The molecule has 2 rings (SSSR count). The quantitative estimate of drug-likeness (QED) is 0.767. The van der Waals surface area contributed by atoms with Crippen molar-refractivity contribution in [3.05, 3.63) is 17.7 Å². The third kappa shape index (κ3) is 4.07. The van der Waals surface area contributed by atoms with E-state index in [9.17, 15) is 4.79 Å². The maximum atomic E-state index is 12.6. The third-order valence-corrected chi connectivity index (χ3v) is 4.21. The van der Waals surface area contributed by atoms with Crippen LogP contribution in [-0.2, 0) is 0 Å². The van der Waals surface area contributed by atoms with Crippen LogP contribution in [0.3, 0.4) is 0 Å². The monoisotopic (exact) mass is 322 g/mol. The molecule has 1 aliphatic heterocycles. The van der Waals surface area contributed by atoms with Crippen molar-refractivity contribution in [2.45, 2.75) is 12.8 Å². The summed E-state index contributed by atoms with van der Waals surface area (Å²) in [4.78, 5) is 16.8. The number of ether oxygens (including phenoxy) is 3. The van der Waals surface area contributed by atoms with E-state index in [1.807, 2.05) is 7.05 Å². The highest BCUT2D eigenvalue weighted by atomic mass is 16.5. The Kier molecular flexibility index (Phi) is 6.10. The Morgan fingerprint density at radius 2 is 1.65 bits per heavy atom. The zero-order valence-electron chi connectivity index (χ0n) is 14.4. The van der Waals surface area contributed by atoms with Crippen molar-refractivity contribution in [2.75, 3.05) is 54.6 Å². The summed E-state index contributed by atoms with van der Waals surface area (Å²) in [6.45, 7) is 3.88. The first-order chi connectivity index (χ1) is 11.1. The van der Waals surface area contributed by atoms with Gasteiger partial charge >= 0.3 is 0 Å². The number of nitrogens with zero attached hydrogens (tertiary/aromatic N) is 2. The molecule has 1 saturated heterocycles. The van der Waals surface area contributed by atoms with Crippen LogP contribution in [0.5, 0.6) is 17.2 Å². The highest BCUT2D eigenvalue weighted by Gasteiger charge is 2.20. The molecule has 0 unspecified atom stereocenters. The first-order valence-corrected chi connectivity index (χ1v) is 7.88. The van der Waals surface area contributed by atoms with Crippen LogP contribution in [0.2, 0.25) is 0 Å². The summed E-state index contributed by atoms with van der Waals surface area (Å²) in [5, 5.41) is 0. The number of rotatable bonds is 7. The van der Waals surface area contributed by atoms with E-state index in [-0.39, 0.29) is 5.91 Å². The summed E-state index contributed by atoms with van der Waals surface area (Å²) >= 11 is 0. The molecule has 0 bridgehead atoms. The van der Waals surface area contributed by atoms with Gasteiger partial charge in [-0.3, -0.25) is 4.79 Å². The molecule has 6 nitrogen and oxygen atoms in total. The van der Waals surface area contributed by atoms with E-state index in [1.54, 1.807) is 38.4 Å². The lowest BCUT2D eigenvalue weighted by molar-refractivity contribution is 0.0781. The molecule has 0 aromatic heterocycles. The Bertz CT molecular complexity index is 516. The summed E-state index contributed by atoms with van der Waals surface area (Å²) in [5.41, 5.74) is 0.531. The summed E-state index contributed by atoms with van der Waals surface area (Å²) < 4.78 is 15.9. The lowest BCUT2D eigenvalue weighted by Crippen LogP contribution is -2.35. The minimum atomic E-state index is -0.0524. The topological polar surface area (TPSA) is 51.2 Å². The molecule has 23 heavy (non-hydrogen) atoms. The molecule has 0 saturated carbocycles. The molecule has 1 amide bonds. The molecule has 0 spiro atoms. The number of hydrogen-bond donors (Lipinski definition) is 0. The van der Waals surface area contributed by atoms with Crippen molar-refractivity contribution in [1.82, 2.24) is 9.80 Å². The molecule has 0 atom stereocenters. The molecular formula is C17H26N2O4. The van der Waals surface area contributed by atoms with Gasteiger partial charge in [-0.05, 0) is 38.1 Å². The van der Waals surface area contributed by atoms with E-state index in [4.69, 9.17) is 14.2 Å². The number of amides is 1. The van der Waals surface area contributed by atoms with Gasteiger partial charge in [-0.15, -0.1) is 0 Å². The molecule has 1 heterocycles. The summed E-state index contributed by atoms with van der Waals surface area (Å²) in [7, 11) is 6.46. The van der Waals surface area contributed by atoms with Crippen molar-refractivity contribution in [1.29, 1.82) is 0 Å². The van der Waals surface area contributed by atoms with Crippen LogP contribution in [0.15, 0.2) is 12.1 Å². The van der Waals surface area contributed by atoms with Crippen molar-refractivity contribution in [3.8, 4) is 17.2 Å². The number of benzene rings is 1. The molecule has 0 aliphatic carbocycles. The standard InChI is InChI=1S/C17H26N2O4/c1-18(9-10-19-7-5-6-8-19)17(20)13-11-14(21-2)16(23-4)15(12-13)22-3/h11-12H,5-10H2,1-4H3. The first-order valence-electron chi connectivity index (χ1n) is 7.88. The van der Waals surface area contributed by atoms with Gasteiger partial charge in [0.15, 0.2) is 11.5 Å². The summed E-state index contributed by atoms with van der Waals surface area (Å²) in [5.74, 6) is 1.42. The molecule has 1 fully saturated rings. The smallest absolute Gasteiger partial charge is 0.253 e. The normalized spacial score (nSPS) is 14.6. The fraction of sp³-hybridized carbons (Fsp3) is 0.588. The van der Waals surface area contributed by atoms with Gasteiger partial charge in [0.2, 0.25) is 5.75 Å². The maximum Gasteiger partial charge on any atom is 0.253 e. The molecule has 1 aliphatic rings. The predicted octanol–water partition coefficient (Wildman–Crippen LogP) is 1.88. The lowest BCUT2D eigenvalue weighted by atomic mass is 10.1. The Balaban J connectivity index is 2.10. The number of hydrogen-bond acceptors (Lipinski definition) is 5. The van der Waals surface area contributed by atoms with Crippen LogP contribution < -0.4 is 14.2 Å². The van der Waals surface area contributed by atoms with Crippen molar-refractivity contribution in [2.24, 2.45) is 0 Å². The molecule has 128 valence electrons. The van der Waals surface area contributed by atoms with E-state index in [0.717, 1.165) is 19.6 Å². The largest absolute Gasteiger partial charge is 0.493 e. The molecule has 1 aromatic carbocycles. The Morgan fingerprint density at radius 3 is 2.13 bits per heavy atom. The number of methoxy groups -OCH3 is 3. The average Bonchev–Trinajstić information content (AvgIpc) is 3.10. The van der Waals surface area contributed by atoms with E-state index in [0.29, 0.717) is 29.4 Å². The van der Waals surface area contributed by atoms with Gasteiger partial charge in [-0.25, -0.2) is 0 Å². The van der Waals surface area contributed by atoms with Gasteiger partial charge in [0, 0.05) is 25.7 Å². The van der Waals surface area contributed by atoms with Gasteiger partial charge in [-0.2, -0.15) is 0 Å². The molecular weight excluding hydrogens is 296 g/mol. The molecule has 6 heteroatoms. The van der Waals surface area contributed by atoms with Gasteiger partial charge in [0.25, 0.3) is 5.91 Å². The van der Waals surface area contributed by atoms with E-state index in [1.165, 1.54) is 12.8 Å². The second kappa shape index (κ2) is 8.06. The predicted molar refractivity (Wildman–Crippen MR) is 88.7 cm³/mol. The Labute approximate surface area is 137 Å². The molecule has 0 N–H and O–H groups in total. The minimum Gasteiger partial charge on any atom is -0.493 e. The number of carbonyl (C=O) groups is 1. The van der Waals surface area contributed by atoms with Gasteiger partial charge in [0.05, 0.1) is 21.3 Å². The lowest BCUT2D eigenvalue weighted by Gasteiger charge is -2.22. The zero-order valence-corrected chi connectivity index (χ0v) is 14.4. The fourth-order valence-electron chi connectivity index (χ4n) is 2.82. The number of likely N-dealkylation sites (N-methyl/N-ethyl adjacent to an activating group) is 1. The van der Waals surface area contributed by atoms with Gasteiger partial charge < -0.3 is 24.0 Å². The van der Waals surface area contributed by atoms with E-state index >= 15 is 0 Å². The van der Waals surface area contributed by atoms with Crippen molar-refractivity contribution < 1.29 is 19.0 Å². The maximum absolute atomic E-state index is 12.6. The van der Waals surface area contributed by atoms with Gasteiger partial charge in [0.1, 0.15) is 0 Å². The highest BCUT2D eigenvalue weighted by Crippen LogP contribution is 2.38. The van der Waals surface area contributed by atoms with Crippen LogP contribution in [-0.4, -0.2) is 70.3 Å². The van der Waals surface area contributed by atoms with E-state index in [2.05, 4.69) is 4.90 Å². The zero-order chi connectivity index (χ0) is 16.8. The minimum absolute atomic E-state index is 0.0524. The average molecular weight is 322 g/mol.